The van der Waals surface area contributed by atoms with E-state index in [2.05, 4.69) is 5.32 Å². The van der Waals surface area contributed by atoms with E-state index in [1.807, 2.05) is 18.2 Å². The van der Waals surface area contributed by atoms with Gasteiger partial charge in [0, 0.05) is 31.1 Å². The van der Waals surface area contributed by atoms with Crippen LogP contribution in [0.2, 0.25) is 0 Å². The number of thiophene rings is 1. The number of hydrogen-bond acceptors (Lipinski definition) is 6. The van der Waals surface area contributed by atoms with Gasteiger partial charge in [0.2, 0.25) is 0 Å². The van der Waals surface area contributed by atoms with Crippen LogP contribution >= 0.6 is 11.3 Å². The van der Waals surface area contributed by atoms with Crippen LogP contribution in [0.1, 0.15) is 20.0 Å². The van der Waals surface area contributed by atoms with Gasteiger partial charge in [0.05, 0.1) is 23.9 Å². The minimum absolute atomic E-state index is 0.0577. The predicted octanol–water partition coefficient (Wildman–Crippen LogP) is 3.45. The molecule has 0 radical (unpaired) electrons. The molecule has 2 amide bonds. The monoisotopic (exact) mass is 493 g/mol. The summed E-state index contributed by atoms with van der Waals surface area (Å²) in [5.74, 6) is -0.469. The molecule has 35 heavy (non-hydrogen) atoms. The Morgan fingerprint density at radius 2 is 1.77 bits per heavy atom. The van der Waals surface area contributed by atoms with E-state index in [1.54, 1.807) is 43.4 Å². The maximum Gasteiger partial charge on any atom is 0.404 e. The maximum absolute atomic E-state index is 13.7. The molecule has 0 saturated heterocycles. The van der Waals surface area contributed by atoms with E-state index in [9.17, 15) is 19.2 Å². The molecule has 0 bridgehead atoms. The molecule has 0 aliphatic carbocycles. The van der Waals surface area contributed by atoms with Gasteiger partial charge in [-0.15, -0.1) is 11.3 Å². The zero-order valence-electron chi connectivity index (χ0n) is 19.1. The van der Waals surface area contributed by atoms with Crippen molar-refractivity contribution in [3.63, 3.8) is 0 Å². The number of carbonyl (C=O) groups excluding carboxylic acids is 2. The second kappa shape index (κ2) is 9.98. The number of Topliss-reactive ketones (excluding diaryl/α,β-unsaturated/α-hetero) is 1. The number of rotatable bonds is 8. The molecule has 0 aliphatic rings. The molecule has 180 valence electrons. The van der Waals surface area contributed by atoms with E-state index < -0.39 is 17.6 Å². The molecule has 2 aromatic carbocycles. The number of amides is 2. The zero-order valence-corrected chi connectivity index (χ0v) is 19.9. The first-order valence-corrected chi connectivity index (χ1v) is 11.6. The number of hydrogen-bond donors (Lipinski definition) is 2. The molecule has 0 unspecified atom stereocenters. The van der Waals surface area contributed by atoms with Crippen LogP contribution in [-0.2, 0) is 6.54 Å². The van der Waals surface area contributed by atoms with Crippen molar-refractivity contribution in [3.8, 4) is 5.75 Å². The smallest absolute Gasteiger partial charge is 0.404 e. The molecule has 0 saturated carbocycles. The normalized spacial score (nSPS) is 10.9. The third kappa shape index (κ3) is 4.60. The highest BCUT2D eigenvalue weighted by atomic mass is 32.1. The number of aromatic nitrogens is 1. The molecule has 2 aromatic heterocycles. The Morgan fingerprint density at radius 1 is 1.09 bits per heavy atom. The topological polar surface area (TPSA) is 118 Å². The van der Waals surface area contributed by atoms with Crippen molar-refractivity contribution in [2.75, 3.05) is 27.2 Å². The average molecular weight is 494 g/mol. The SMILES string of the molecule is COc1c(C(=O)N(C)CCNC(=O)O)sc2c1c(=O)n(CC(=O)c1ccccc1)c1ccccc21. The molecular weight excluding hydrogens is 470 g/mol. The summed E-state index contributed by atoms with van der Waals surface area (Å²) in [6.07, 6.45) is -1.18. The van der Waals surface area contributed by atoms with Gasteiger partial charge in [0.1, 0.15) is 10.3 Å². The fourth-order valence-corrected chi connectivity index (χ4v) is 5.19. The van der Waals surface area contributed by atoms with Gasteiger partial charge in [-0.2, -0.15) is 0 Å². The zero-order chi connectivity index (χ0) is 25.1. The number of methoxy groups -OCH3 is 1. The fraction of sp³-hybridized carbons (Fsp3) is 0.200. The lowest BCUT2D eigenvalue weighted by atomic mass is 10.1. The number of ether oxygens (including phenoxy) is 1. The summed E-state index contributed by atoms with van der Waals surface area (Å²) in [6.45, 7) is 0.0313. The summed E-state index contributed by atoms with van der Waals surface area (Å²) in [6, 6.07) is 16.0. The van der Waals surface area contributed by atoms with Crippen LogP contribution in [0.15, 0.2) is 59.4 Å². The molecule has 0 atom stereocenters. The first-order valence-electron chi connectivity index (χ1n) is 10.8. The van der Waals surface area contributed by atoms with Crippen molar-refractivity contribution in [1.82, 2.24) is 14.8 Å². The lowest BCUT2D eigenvalue weighted by molar-refractivity contribution is 0.0796. The molecule has 2 N–H and O–H groups in total. The highest BCUT2D eigenvalue weighted by Gasteiger charge is 2.27. The summed E-state index contributed by atoms with van der Waals surface area (Å²) in [5.41, 5.74) is 0.648. The lowest BCUT2D eigenvalue weighted by Crippen LogP contribution is -2.35. The molecule has 10 heteroatoms. The minimum atomic E-state index is -1.18. The van der Waals surface area contributed by atoms with Gasteiger partial charge < -0.3 is 20.1 Å². The number of nitrogens with one attached hydrogen (secondary N) is 1. The third-order valence-corrected chi connectivity index (χ3v) is 6.82. The number of carboxylic acid groups (broad SMARTS) is 1. The van der Waals surface area contributed by atoms with Crippen molar-refractivity contribution in [2.24, 2.45) is 0 Å². The fourth-order valence-electron chi connectivity index (χ4n) is 3.90. The summed E-state index contributed by atoms with van der Waals surface area (Å²) < 4.78 is 7.54. The van der Waals surface area contributed by atoms with E-state index >= 15 is 0 Å². The van der Waals surface area contributed by atoms with Crippen LogP contribution in [0.5, 0.6) is 5.75 Å². The number of carbonyl (C=O) groups is 3. The van der Waals surface area contributed by atoms with E-state index in [0.29, 0.717) is 15.8 Å². The number of fused-ring (bicyclic) bond motifs is 3. The molecule has 0 aliphatic heterocycles. The lowest BCUT2D eigenvalue weighted by Gasteiger charge is -2.16. The van der Waals surface area contributed by atoms with E-state index in [1.165, 1.54) is 16.6 Å². The molecule has 9 nitrogen and oxygen atoms in total. The molecular formula is C25H23N3O6S. The van der Waals surface area contributed by atoms with Crippen molar-refractivity contribution >= 4 is 50.1 Å². The highest BCUT2D eigenvalue weighted by Crippen LogP contribution is 2.40. The first kappa shape index (κ1) is 24.0. The standard InChI is InChI=1S/C25H23N3O6S/c1-27(13-12-26-25(32)33)24(31)22-20(34-2)19-21(35-22)16-10-6-7-11-17(16)28(23(19)30)14-18(29)15-8-4-3-5-9-15/h3-11,26H,12-14H2,1-2H3,(H,32,33). The van der Waals surface area contributed by atoms with E-state index in [4.69, 9.17) is 9.84 Å². The van der Waals surface area contributed by atoms with Crippen molar-refractivity contribution in [3.05, 3.63) is 75.4 Å². The predicted molar refractivity (Wildman–Crippen MR) is 134 cm³/mol. The largest absolute Gasteiger partial charge is 0.494 e. The Hall–Kier alpha value is -4.18. The van der Waals surface area contributed by atoms with Gasteiger partial charge in [-0.1, -0.05) is 48.5 Å². The van der Waals surface area contributed by atoms with Crippen molar-refractivity contribution in [1.29, 1.82) is 0 Å². The van der Waals surface area contributed by atoms with Gasteiger partial charge in [-0.05, 0) is 6.07 Å². The van der Waals surface area contributed by atoms with Crippen molar-refractivity contribution in [2.45, 2.75) is 6.54 Å². The number of para-hydroxylation sites is 1. The number of benzene rings is 2. The number of ketones is 1. The van der Waals surface area contributed by atoms with Crippen LogP contribution in [0.3, 0.4) is 0 Å². The average Bonchev–Trinajstić information content (AvgIpc) is 3.26. The van der Waals surface area contributed by atoms with Gasteiger partial charge in [0.15, 0.2) is 11.5 Å². The quantitative estimate of drug-likeness (QED) is 0.363. The molecule has 0 fully saturated rings. The number of likely N-dealkylation sites (N-methyl/N-ethyl adjacent to an activating group) is 1. The van der Waals surface area contributed by atoms with Crippen LogP contribution in [-0.4, -0.2) is 59.6 Å². The molecule has 0 spiro atoms. The second-order valence-corrected chi connectivity index (χ2v) is 8.85. The Balaban J connectivity index is 1.84. The Labute approximate surface area is 204 Å². The van der Waals surface area contributed by atoms with Crippen LogP contribution in [0.25, 0.3) is 21.0 Å². The van der Waals surface area contributed by atoms with Gasteiger partial charge >= 0.3 is 6.09 Å². The minimum Gasteiger partial charge on any atom is -0.494 e. The van der Waals surface area contributed by atoms with Gasteiger partial charge in [0.25, 0.3) is 11.5 Å². The second-order valence-electron chi connectivity index (χ2n) is 7.82. The summed E-state index contributed by atoms with van der Waals surface area (Å²) >= 11 is 1.14. The molecule has 4 aromatic rings. The Kier molecular flexibility index (Phi) is 6.83. The Morgan fingerprint density at radius 3 is 2.46 bits per heavy atom. The number of pyridine rings is 1. The first-order chi connectivity index (χ1) is 16.8. The summed E-state index contributed by atoms with van der Waals surface area (Å²) in [5, 5.41) is 11.9. The van der Waals surface area contributed by atoms with Crippen molar-refractivity contribution < 1.29 is 24.2 Å². The highest BCUT2D eigenvalue weighted by molar-refractivity contribution is 7.22. The summed E-state index contributed by atoms with van der Waals surface area (Å²) in [4.78, 5) is 52.1. The van der Waals surface area contributed by atoms with Crippen LogP contribution < -0.4 is 15.6 Å². The number of nitrogens with zero attached hydrogens (tertiary/aromatic N) is 2. The van der Waals surface area contributed by atoms with Crippen LogP contribution in [0, 0.1) is 0 Å². The van der Waals surface area contributed by atoms with Gasteiger partial charge in [-0.3, -0.25) is 19.0 Å². The van der Waals surface area contributed by atoms with E-state index in [0.717, 1.165) is 16.7 Å². The maximum atomic E-state index is 13.7. The third-order valence-electron chi connectivity index (χ3n) is 5.63. The molecule has 2 heterocycles. The van der Waals surface area contributed by atoms with Gasteiger partial charge in [-0.25, -0.2) is 4.79 Å². The summed E-state index contributed by atoms with van der Waals surface area (Å²) in [7, 11) is 2.93. The van der Waals surface area contributed by atoms with E-state index in [-0.39, 0.29) is 41.4 Å². The Bertz CT molecular complexity index is 1490. The van der Waals surface area contributed by atoms with Crippen LogP contribution in [0.4, 0.5) is 4.79 Å². The molecule has 4 rings (SSSR count).